The van der Waals surface area contributed by atoms with Crippen LogP contribution in [-0.2, 0) is 20.9 Å². The molecule has 0 radical (unpaired) electrons. The summed E-state index contributed by atoms with van der Waals surface area (Å²) < 4.78 is 25.7. The molecule has 1 atom stereocenters. The zero-order valence-electron chi connectivity index (χ0n) is 19.4. The van der Waals surface area contributed by atoms with Crippen molar-refractivity contribution >= 4 is 47.0 Å². The van der Waals surface area contributed by atoms with E-state index in [4.69, 9.17) is 32.7 Å². The van der Waals surface area contributed by atoms with Gasteiger partial charge in [-0.25, -0.2) is 14.0 Å². The van der Waals surface area contributed by atoms with Crippen LogP contribution in [0.4, 0.5) is 19.7 Å². The van der Waals surface area contributed by atoms with Gasteiger partial charge in [0, 0.05) is 13.1 Å². The highest BCUT2D eigenvalue weighted by atomic mass is 35.5. The van der Waals surface area contributed by atoms with E-state index in [9.17, 15) is 14.4 Å². The van der Waals surface area contributed by atoms with Gasteiger partial charge in [0.15, 0.2) is 4.84 Å². The number of ether oxygens (including phenoxy) is 2. The van der Waals surface area contributed by atoms with Gasteiger partial charge in [0.2, 0.25) is 0 Å². The van der Waals surface area contributed by atoms with Gasteiger partial charge in [-0.15, -0.1) is 0 Å². The number of nitrogens with zero attached hydrogens (tertiary/aromatic N) is 2. The Hall–Kier alpha value is -3.04. The lowest BCUT2D eigenvalue weighted by Gasteiger charge is -2.31. The highest BCUT2D eigenvalue weighted by Crippen LogP contribution is 2.33. The van der Waals surface area contributed by atoms with Gasteiger partial charge in [0.05, 0.1) is 18.8 Å². The maximum atomic E-state index is 15.0. The first-order chi connectivity index (χ1) is 17.3. The van der Waals surface area contributed by atoms with Crippen LogP contribution in [0.3, 0.4) is 0 Å². The van der Waals surface area contributed by atoms with Crippen LogP contribution in [0.5, 0.6) is 0 Å². The maximum absolute atomic E-state index is 15.0. The van der Waals surface area contributed by atoms with Gasteiger partial charge in [0.1, 0.15) is 18.5 Å². The fourth-order valence-corrected chi connectivity index (χ4v) is 4.48. The molecule has 0 unspecified atom stereocenters. The van der Waals surface area contributed by atoms with Crippen molar-refractivity contribution in [1.29, 1.82) is 0 Å². The SMILES string of the molecule is O=C(NC[C@H]1CN(c2ccc(C3CCN(C(=O)OCc4ccccc4)CC3)c(F)c2)C(=O)O1)C(Cl)Cl. The summed E-state index contributed by atoms with van der Waals surface area (Å²) in [6.45, 7) is 1.34. The largest absolute Gasteiger partial charge is 0.445 e. The van der Waals surface area contributed by atoms with E-state index in [1.54, 1.807) is 17.0 Å². The van der Waals surface area contributed by atoms with E-state index in [1.807, 2.05) is 30.3 Å². The number of rotatable bonds is 7. The predicted molar refractivity (Wildman–Crippen MR) is 133 cm³/mol. The Kier molecular flexibility index (Phi) is 8.53. The summed E-state index contributed by atoms with van der Waals surface area (Å²) in [6.07, 6.45) is -0.406. The lowest BCUT2D eigenvalue weighted by Crippen LogP contribution is -2.38. The third-order valence-corrected chi connectivity index (χ3v) is 6.67. The number of cyclic esters (lactones) is 1. The fraction of sp³-hybridized carbons (Fsp3) is 0.400. The second kappa shape index (κ2) is 11.8. The number of benzene rings is 2. The Bertz CT molecular complexity index is 1100. The molecule has 2 heterocycles. The van der Waals surface area contributed by atoms with Crippen LogP contribution in [0, 0.1) is 5.82 Å². The third-order valence-electron chi connectivity index (χ3n) is 6.27. The molecular weight excluding hydrogens is 512 g/mol. The number of amides is 3. The van der Waals surface area contributed by atoms with Gasteiger partial charge in [0.25, 0.3) is 5.91 Å². The smallest absolute Gasteiger partial charge is 0.414 e. The average molecular weight is 538 g/mol. The van der Waals surface area contributed by atoms with Crippen molar-refractivity contribution in [3.05, 3.63) is 65.5 Å². The van der Waals surface area contributed by atoms with Gasteiger partial charge >= 0.3 is 12.2 Å². The predicted octanol–water partition coefficient (Wildman–Crippen LogP) is 4.59. The quantitative estimate of drug-likeness (QED) is 0.522. The lowest BCUT2D eigenvalue weighted by molar-refractivity contribution is -0.119. The second-order valence-corrected chi connectivity index (χ2v) is 9.77. The van der Waals surface area contributed by atoms with Crippen LogP contribution in [0.2, 0.25) is 0 Å². The number of carbonyl (C=O) groups is 3. The van der Waals surface area contributed by atoms with Crippen molar-refractivity contribution in [2.75, 3.05) is 31.1 Å². The van der Waals surface area contributed by atoms with E-state index in [1.165, 1.54) is 11.0 Å². The molecule has 0 spiro atoms. The van der Waals surface area contributed by atoms with E-state index < -0.39 is 28.8 Å². The molecule has 3 amide bonds. The van der Waals surface area contributed by atoms with Crippen LogP contribution in [0.1, 0.15) is 29.9 Å². The third kappa shape index (κ3) is 6.39. The molecule has 0 aliphatic carbocycles. The molecule has 36 heavy (non-hydrogen) atoms. The van der Waals surface area contributed by atoms with Crippen LogP contribution in [-0.4, -0.2) is 60.1 Å². The molecule has 1 N–H and O–H groups in total. The summed E-state index contributed by atoms with van der Waals surface area (Å²) in [4.78, 5) is 37.9. The van der Waals surface area contributed by atoms with Gasteiger partial charge < -0.3 is 19.7 Å². The Labute approximate surface area is 218 Å². The zero-order valence-corrected chi connectivity index (χ0v) is 20.9. The highest BCUT2D eigenvalue weighted by molar-refractivity contribution is 6.53. The van der Waals surface area contributed by atoms with Gasteiger partial charge in [-0.3, -0.25) is 9.69 Å². The average Bonchev–Trinajstić information content (AvgIpc) is 3.26. The van der Waals surface area contributed by atoms with Gasteiger partial charge in [-0.1, -0.05) is 59.6 Å². The van der Waals surface area contributed by atoms with Crippen molar-refractivity contribution in [1.82, 2.24) is 10.2 Å². The maximum Gasteiger partial charge on any atom is 0.414 e. The molecule has 0 saturated carbocycles. The van der Waals surface area contributed by atoms with Crippen LogP contribution in [0.15, 0.2) is 48.5 Å². The van der Waals surface area contributed by atoms with Gasteiger partial charge in [-0.05, 0) is 42.0 Å². The molecule has 2 aromatic rings. The number of alkyl halides is 2. The van der Waals surface area contributed by atoms with Crippen molar-refractivity contribution in [3.8, 4) is 0 Å². The standard InChI is InChI=1S/C25H26Cl2FN3O5/c26-22(27)23(32)29-13-19-14-31(25(34)36-19)18-6-7-20(21(28)12-18)17-8-10-30(11-9-17)24(33)35-15-16-4-2-1-3-5-16/h1-7,12,17,19,22H,8-11,13-15H2,(H,29,32)/t19-/m0/s1. The number of anilines is 1. The Morgan fingerprint density at radius 1 is 1.14 bits per heavy atom. The number of halogens is 3. The highest BCUT2D eigenvalue weighted by Gasteiger charge is 2.34. The normalized spacial score (nSPS) is 18.3. The number of likely N-dealkylation sites (tertiary alicyclic amines) is 1. The molecular formula is C25H26Cl2FN3O5. The molecule has 11 heteroatoms. The molecule has 4 rings (SSSR count). The number of hydrogen-bond acceptors (Lipinski definition) is 5. The summed E-state index contributed by atoms with van der Waals surface area (Å²) in [5, 5.41) is 2.49. The molecule has 2 fully saturated rings. The first-order valence-corrected chi connectivity index (χ1v) is 12.5. The number of piperidine rings is 1. The first kappa shape index (κ1) is 26.0. The minimum absolute atomic E-state index is 0.0456. The van der Waals surface area contributed by atoms with Crippen LogP contribution >= 0.6 is 23.2 Å². The summed E-state index contributed by atoms with van der Waals surface area (Å²) in [6, 6.07) is 14.1. The Morgan fingerprint density at radius 3 is 2.53 bits per heavy atom. The minimum atomic E-state index is -1.22. The molecule has 192 valence electrons. The minimum Gasteiger partial charge on any atom is -0.445 e. The van der Waals surface area contributed by atoms with Crippen molar-refractivity contribution < 1.29 is 28.2 Å². The van der Waals surface area contributed by atoms with Gasteiger partial charge in [-0.2, -0.15) is 0 Å². The molecule has 0 bridgehead atoms. The van der Waals surface area contributed by atoms with Crippen LogP contribution < -0.4 is 10.2 Å². The van der Waals surface area contributed by atoms with Crippen molar-refractivity contribution in [2.45, 2.75) is 36.3 Å². The second-order valence-electron chi connectivity index (χ2n) is 8.67. The molecule has 8 nitrogen and oxygen atoms in total. The van der Waals surface area contributed by atoms with E-state index in [2.05, 4.69) is 5.32 Å². The van der Waals surface area contributed by atoms with E-state index >= 15 is 4.39 Å². The summed E-state index contributed by atoms with van der Waals surface area (Å²) >= 11 is 11.0. The summed E-state index contributed by atoms with van der Waals surface area (Å²) in [7, 11) is 0. The van der Waals surface area contributed by atoms with E-state index in [0.29, 0.717) is 37.2 Å². The van der Waals surface area contributed by atoms with E-state index in [0.717, 1.165) is 5.56 Å². The zero-order chi connectivity index (χ0) is 25.7. The number of hydrogen-bond donors (Lipinski definition) is 1. The Morgan fingerprint density at radius 2 is 1.86 bits per heavy atom. The lowest BCUT2D eigenvalue weighted by atomic mass is 9.89. The molecule has 2 aromatic carbocycles. The fourth-order valence-electron chi connectivity index (χ4n) is 4.33. The number of carbonyl (C=O) groups excluding carboxylic acids is 3. The summed E-state index contributed by atoms with van der Waals surface area (Å²) in [5.41, 5.74) is 1.83. The molecule has 2 aliphatic rings. The molecule has 2 saturated heterocycles. The topological polar surface area (TPSA) is 88.2 Å². The first-order valence-electron chi connectivity index (χ1n) is 11.6. The number of nitrogens with one attached hydrogen (secondary N) is 1. The van der Waals surface area contributed by atoms with Crippen molar-refractivity contribution in [2.24, 2.45) is 0 Å². The van der Waals surface area contributed by atoms with E-state index in [-0.39, 0.29) is 31.7 Å². The van der Waals surface area contributed by atoms with Crippen LogP contribution in [0.25, 0.3) is 0 Å². The molecule has 0 aromatic heterocycles. The Balaban J connectivity index is 1.29. The van der Waals surface area contributed by atoms with Crippen molar-refractivity contribution in [3.63, 3.8) is 0 Å². The summed E-state index contributed by atoms with van der Waals surface area (Å²) in [5.74, 6) is -1.06. The monoisotopic (exact) mass is 537 g/mol. The molecule has 2 aliphatic heterocycles.